The van der Waals surface area contributed by atoms with E-state index in [9.17, 15) is 0 Å². The van der Waals surface area contributed by atoms with Gasteiger partial charge in [-0.1, -0.05) is 13.8 Å². The summed E-state index contributed by atoms with van der Waals surface area (Å²) in [5.74, 6) is 0.620. The molecule has 0 bridgehead atoms. The number of piperazine rings is 1. The smallest absolute Gasteiger partial charge is 0.0603 e. The highest BCUT2D eigenvalue weighted by Gasteiger charge is 2.26. The lowest BCUT2D eigenvalue weighted by Gasteiger charge is -2.43. The highest BCUT2D eigenvalue weighted by Crippen LogP contribution is 2.19. The molecule has 0 radical (unpaired) electrons. The minimum Gasteiger partial charge on any atom is -0.375 e. The summed E-state index contributed by atoms with van der Waals surface area (Å²) < 4.78 is 6.20. The second-order valence-electron chi connectivity index (χ2n) is 9.13. The van der Waals surface area contributed by atoms with Gasteiger partial charge < -0.3 is 9.64 Å². The van der Waals surface area contributed by atoms with E-state index in [-0.39, 0.29) is 0 Å². The van der Waals surface area contributed by atoms with E-state index in [0.29, 0.717) is 23.7 Å². The Morgan fingerprint density at radius 2 is 1.33 bits per heavy atom. The fraction of sp³-hybridized carbons (Fsp3) is 1.00. The number of rotatable bonds is 6. The topological polar surface area (TPSA) is 19.0 Å². The Morgan fingerprint density at radius 1 is 0.833 bits per heavy atom. The summed E-state index contributed by atoms with van der Waals surface area (Å²) in [5, 5.41) is 0. The van der Waals surface area contributed by atoms with E-state index in [0.717, 1.165) is 0 Å². The van der Waals surface area contributed by atoms with Gasteiger partial charge in [0.2, 0.25) is 0 Å². The van der Waals surface area contributed by atoms with Crippen LogP contribution in [-0.4, -0.2) is 84.8 Å². The summed E-state index contributed by atoms with van der Waals surface area (Å²) in [5.41, 5.74) is 0.321. The molecule has 4 heteroatoms. The lowest BCUT2D eigenvalue weighted by atomic mass is 10.0. The van der Waals surface area contributed by atoms with Crippen molar-refractivity contribution in [2.45, 2.75) is 72.1 Å². The van der Waals surface area contributed by atoms with Crippen molar-refractivity contribution >= 4 is 0 Å². The molecule has 24 heavy (non-hydrogen) atoms. The first-order valence-corrected chi connectivity index (χ1v) is 10.1. The van der Waals surface area contributed by atoms with E-state index in [2.05, 4.69) is 56.2 Å². The number of ether oxygens (including phenoxy) is 1. The average Bonchev–Trinajstić information content (AvgIpc) is 2.53. The quantitative estimate of drug-likeness (QED) is 0.740. The zero-order chi connectivity index (χ0) is 17.7. The fourth-order valence-corrected chi connectivity index (χ4v) is 3.65. The van der Waals surface area contributed by atoms with E-state index in [4.69, 9.17) is 4.74 Å². The van der Waals surface area contributed by atoms with E-state index >= 15 is 0 Å². The van der Waals surface area contributed by atoms with Crippen molar-refractivity contribution in [2.24, 2.45) is 5.92 Å². The van der Waals surface area contributed by atoms with Gasteiger partial charge in [-0.25, -0.2) is 0 Å². The van der Waals surface area contributed by atoms with Crippen molar-refractivity contribution in [3.8, 4) is 0 Å². The van der Waals surface area contributed by atoms with Crippen molar-refractivity contribution < 1.29 is 4.74 Å². The molecule has 0 aromatic carbocycles. The van der Waals surface area contributed by atoms with Gasteiger partial charge in [0.15, 0.2) is 0 Å². The van der Waals surface area contributed by atoms with Crippen LogP contribution in [-0.2, 0) is 4.74 Å². The minimum absolute atomic E-state index is 0.321. The Hall–Kier alpha value is -0.160. The number of nitrogens with zero attached hydrogens (tertiary/aromatic N) is 3. The third kappa shape index (κ3) is 6.29. The van der Waals surface area contributed by atoms with Crippen LogP contribution in [0.1, 0.15) is 54.4 Å². The molecule has 1 atom stereocenters. The maximum absolute atomic E-state index is 6.20. The molecule has 0 saturated carbocycles. The van der Waals surface area contributed by atoms with Crippen LogP contribution in [0.5, 0.6) is 0 Å². The van der Waals surface area contributed by atoms with Gasteiger partial charge in [0, 0.05) is 57.9 Å². The standard InChI is InChI=1S/C20H41N3O/c1-17(2)18(3)24-19-7-9-21(10-8-19)11-12-22-13-15-23(16-14-22)20(4,5)6/h17-19H,7-16H2,1-6H3/t18-/m1/s1. The Kier molecular flexibility index (Phi) is 7.54. The molecular formula is C20H41N3O. The summed E-state index contributed by atoms with van der Waals surface area (Å²) in [6, 6.07) is 0. The van der Waals surface area contributed by atoms with Crippen molar-refractivity contribution in [3.05, 3.63) is 0 Å². The molecule has 2 rings (SSSR count). The Labute approximate surface area is 150 Å². The Bertz CT molecular complexity index is 350. The van der Waals surface area contributed by atoms with Gasteiger partial charge in [-0.05, 0) is 46.5 Å². The molecule has 0 aromatic rings. The molecule has 0 aromatic heterocycles. The summed E-state index contributed by atoms with van der Waals surface area (Å²) in [6.07, 6.45) is 3.28. The molecule has 0 unspecified atom stereocenters. The van der Waals surface area contributed by atoms with Crippen molar-refractivity contribution in [2.75, 3.05) is 52.4 Å². The molecule has 2 heterocycles. The monoisotopic (exact) mass is 339 g/mol. The molecule has 2 aliphatic heterocycles. The summed E-state index contributed by atoms with van der Waals surface area (Å²) >= 11 is 0. The normalized spacial score (nSPS) is 24.6. The van der Waals surface area contributed by atoms with Crippen LogP contribution >= 0.6 is 0 Å². The maximum Gasteiger partial charge on any atom is 0.0603 e. The van der Waals surface area contributed by atoms with Gasteiger partial charge in [0.1, 0.15) is 0 Å². The number of hydrogen-bond donors (Lipinski definition) is 0. The van der Waals surface area contributed by atoms with E-state index < -0.39 is 0 Å². The van der Waals surface area contributed by atoms with E-state index in [1.54, 1.807) is 0 Å². The fourth-order valence-electron chi connectivity index (χ4n) is 3.65. The molecule has 0 amide bonds. The van der Waals surface area contributed by atoms with Crippen LogP contribution in [0.25, 0.3) is 0 Å². The second-order valence-corrected chi connectivity index (χ2v) is 9.13. The molecule has 2 aliphatic rings. The summed E-state index contributed by atoms with van der Waals surface area (Å²) in [4.78, 5) is 7.89. The first-order valence-electron chi connectivity index (χ1n) is 10.1. The number of likely N-dealkylation sites (tertiary alicyclic amines) is 1. The summed E-state index contributed by atoms with van der Waals surface area (Å²) in [7, 11) is 0. The van der Waals surface area contributed by atoms with Crippen LogP contribution in [0.4, 0.5) is 0 Å². The van der Waals surface area contributed by atoms with E-state index in [1.165, 1.54) is 65.2 Å². The molecule has 2 saturated heterocycles. The second kappa shape index (κ2) is 8.98. The summed E-state index contributed by atoms with van der Waals surface area (Å²) in [6.45, 7) is 23.4. The first kappa shape index (κ1) is 20.2. The molecule has 0 N–H and O–H groups in total. The van der Waals surface area contributed by atoms with Gasteiger partial charge in [-0.15, -0.1) is 0 Å². The number of piperidine rings is 1. The molecule has 4 nitrogen and oxygen atoms in total. The van der Waals surface area contributed by atoms with Crippen molar-refractivity contribution in [1.29, 1.82) is 0 Å². The Morgan fingerprint density at radius 3 is 1.79 bits per heavy atom. The molecule has 2 fully saturated rings. The van der Waals surface area contributed by atoms with Gasteiger partial charge in [0.05, 0.1) is 12.2 Å². The molecule has 0 spiro atoms. The van der Waals surface area contributed by atoms with Crippen molar-refractivity contribution in [3.63, 3.8) is 0 Å². The van der Waals surface area contributed by atoms with Crippen LogP contribution in [0.3, 0.4) is 0 Å². The van der Waals surface area contributed by atoms with Crippen LogP contribution in [0.15, 0.2) is 0 Å². The SMILES string of the molecule is CC(C)[C@@H](C)OC1CCN(CCN2CCN(C(C)(C)C)CC2)CC1. The van der Waals surface area contributed by atoms with Gasteiger partial charge in [-0.2, -0.15) is 0 Å². The van der Waals surface area contributed by atoms with Gasteiger partial charge >= 0.3 is 0 Å². The molecule has 0 aliphatic carbocycles. The average molecular weight is 340 g/mol. The van der Waals surface area contributed by atoms with Crippen molar-refractivity contribution in [1.82, 2.24) is 14.7 Å². The highest BCUT2D eigenvalue weighted by atomic mass is 16.5. The number of hydrogen-bond acceptors (Lipinski definition) is 4. The molecule has 142 valence electrons. The minimum atomic E-state index is 0.321. The lowest BCUT2D eigenvalue weighted by Crippen LogP contribution is -2.54. The zero-order valence-corrected chi connectivity index (χ0v) is 17.1. The van der Waals surface area contributed by atoms with E-state index in [1.807, 2.05) is 0 Å². The molecular weight excluding hydrogens is 298 g/mol. The largest absolute Gasteiger partial charge is 0.375 e. The Balaban J connectivity index is 1.60. The predicted octanol–water partition coefficient (Wildman–Crippen LogP) is 2.93. The predicted molar refractivity (Wildman–Crippen MR) is 103 cm³/mol. The maximum atomic E-state index is 6.20. The third-order valence-electron chi connectivity index (χ3n) is 5.93. The van der Waals surface area contributed by atoms with Crippen LogP contribution in [0, 0.1) is 5.92 Å². The first-order chi connectivity index (χ1) is 11.3. The van der Waals surface area contributed by atoms with Crippen LogP contribution < -0.4 is 0 Å². The van der Waals surface area contributed by atoms with Gasteiger partial charge in [0.25, 0.3) is 0 Å². The lowest BCUT2D eigenvalue weighted by molar-refractivity contribution is -0.0532. The third-order valence-corrected chi connectivity index (χ3v) is 5.93. The highest BCUT2D eigenvalue weighted by molar-refractivity contribution is 4.82. The van der Waals surface area contributed by atoms with Gasteiger partial charge in [-0.3, -0.25) is 9.80 Å². The zero-order valence-electron chi connectivity index (χ0n) is 17.1. The van der Waals surface area contributed by atoms with Crippen LogP contribution in [0.2, 0.25) is 0 Å².